The zero-order valence-corrected chi connectivity index (χ0v) is 10.1. The van der Waals surface area contributed by atoms with E-state index in [-0.39, 0.29) is 13.0 Å². The summed E-state index contributed by atoms with van der Waals surface area (Å²) in [4.78, 5) is 0. The van der Waals surface area contributed by atoms with Crippen molar-refractivity contribution in [3.63, 3.8) is 0 Å². The van der Waals surface area contributed by atoms with Crippen LogP contribution in [0.15, 0.2) is 0 Å². The first-order chi connectivity index (χ1) is 6.85. The summed E-state index contributed by atoms with van der Waals surface area (Å²) in [6.45, 7) is 4.46. The molecular formula is C9H18FO4P. The molecule has 0 saturated carbocycles. The monoisotopic (exact) mass is 240 g/mol. The van der Waals surface area contributed by atoms with Gasteiger partial charge in [-0.05, 0) is 20.3 Å². The lowest BCUT2D eigenvalue weighted by molar-refractivity contribution is -0.0365. The number of aliphatic hydroxyl groups excluding tert-OH is 1. The minimum Gasteiger partial charge on any atom is -0.394 e. The smallest absolute Gasteiger partial charge is 0.155 e. The van der Waals surface area contributed by atoms with Crippen molar-refractivity contribution in [2.45, 2.75) is 31.4 Å². The van der Waals surface area contributed by atoms with Gasteiger partial charge in [-0.3, -0.25) is 0 Å². The highest BCUT2D eigenvalue weighted by Crippen LogP contribution is 2.38. The van der Waals surface area contributed by atoms with E-state index >= 15 is 0 Å². The van der Waals surface area contributed by atoms with Crippen LogP contribution in [0.1, 0.15) is 6.92 Å². The summed E-state index contributed by atoms with van der Waals surface area (Å²) >= 11 is 0. The molecule has 0 aromatic rings. The van der Waals surface area contributed by atoms with E-state index in [2.05, 4.69) is 0 Å². The van der Waals surface area contributed by atoms with Crippen LogP contribution in [-0.4, -0.2) is 55.9 Å². The Hall–Kier alpha value is 0.0400. The minimum atomic E-state index is -2.33. The Kier molecular flexibility index (Phi) is 4.29. The molecule has 4 atom stereocenters. The van der Waals surface area contributed by atoms with E-state index in [1.54, 1.807) is 20.3 Å². The second-order valence-electron chi connectivity index (χ2n) is 4.34. The maximum absolute atomic E-state index is 13.5. The Labute approximate surface area is 89.1 Å². The molecule has 0 aromatic carbocycles. The highest BCUT2D eigenvalue weighted by atomic mass is 31.2. The molecule has 1 aliphatic rings. The van der Waals surface area contributed by atoms with Crippen molar-refractivity contribution < 1.29 is 23.5 Å². The molecule has 1 N–H and O–H groups in total. The molecule has 1 saturated heterocycles. The van der Waals surface area contributed by atoms with Gasteiger partial charge in [0.2, 0.25) is 0 Å². The van der Waals surface area contributed by atoms with Crippen molar-refractivity contribution >= 4 is 7.14 Å². The highest BCUT2D eigenvalue weighted by Gasteiger charge is 2.43. The molecule has 6 heteroatoms. The van der Waals surface area contributed by atoms with Crippen molar-refractivity contribution in [2.24, 2.45) is 0 Å². The van der Waals surface area contributed by atoms with E-state index in [4.69, 9.17) is 14.6 Å². The second-order valence-corrected chi connectivity index (χ2v) is 7.75. The SMILES string of the molecule is C[C@H]1O[C@@H](CO)[C@H](OCP(C)(C)=O)[C@H]1F. The van der Waals surface area contributed by atoms with Crippen LogP contribution in [0.4, 0.5) is 4.39 Å². The third-order valence-electron chi connectivity index (χ3n) is 2.28. The third kappa shape index (κ3) is 3.52. The lowest BCUT2D eigenvalue weighted by Gasteiger charge is -2.19. The molecule has 0 bridgehead atoms. The van der Waals surface area contributed by atoms with Gasteiger partial charge >= 0.3 is 0 Å². The van der Waals surface area contributed by atoms with Crippen molar-refractivity contribution in [1.29, 1.82) is 0 Å². The lowest BCUT2D eigenvalue weighted by Crippen LogP contribution is -2.34. The van der Waals surface area contributed by atoms with Gasteiger partial charge in [-0.15, -0.1) is 0 Å². The first-order valence-electron chi connectivity index (χ1n) is 4.91. The predicted octanol–water partition coefficient (Wildman–Crippen LogP) is 1.07. The summed E-state index contributed by atoms with van der Waals surface area (Å²) in [5.41, 5.74) is 0. The van der Waals surface area contributed by atoms with E-state index in [0.717, 1.165) is 0 Å². The van der Waals surface area contributed by atoms with Gasteiger partial charge < -0.3 is 19.1 Å². The van der Waals surface area contributed by atoms with Crippen LogP contribution < -0.4 is 0 Å². The van der Waals surface area contributed by atoms with Crippen LogP contribution >= 0.6 is 7.14 Å². The standard InChI is InChI=1S/C9H18FO4P/c1-6-8(10)9(7(4-11)14-6)13-5-15(2,3)12/h6-9,11H,4-5H2,1-3H3/t6-,7+,8+,9+/m1/s1. The number of halogens is 1. The predicted molar refractivity (Wildman–Crippen MR) is 55.5 cm³/mol. The quantitative estimate of drug-likeness (QED) is 0.747. The molecule has 1 rings (SSSR count). The topological polar surface area (TPSA) is 55.8 Å². The third-order valence-corrected chi connectivity index (χ3v) is 3.05. The summed E-state index contributed by atoms with van der Waals surface area (Å²) in [5.74, 6) is 0. The van der Waals surface area contributed by atoms with Crippen molar-refractivity contribution in [3.05, 3.63) is 0 Å². The lowest BCUT2D eigenvalue weighted by atomic mass is 10.1. The fraction of sp³-hybridized carbons (Fsp3) is 1.00. The zero-order chi connectivity index (χ0) is 11.6. The first kappa shape index (κ1) is 13.1. The number of ether oxygens (including phenoxy) is 2. The van der Waals surface area contributed by atoms with Crippen LogP contribution in [0.2, 0.25) is 0 Å². The van der Waals surface area contributed by atoms with Crippen molar-refractivity contribution in [3.8, 4) is 0 Å². The molecule has 15 heavy (non-hydrogen) atoms. The number of hydrogen-bond acceptors (Lipinski definition) is 4. The first-order valence-corrected chi connectivity index (χ1v) is 7.70. The number of hydrogen-bond donors (Lipinski definition) is 1. The molecule has 4 nitrogen and oxygen atoms in total. The average Bonchev–Trinajstić information content (AvgIpc) is 2.39. The maximum Gasteiger partial charge on any atom is 0.155 e. The molecule has 0 aromatic heterocycles. The van der Waals surface area contributed by atoms with Crippen LogP contribution in [0.5, 0.6) is 0 Å². The van der Waals surface area contributed by atoms with Crippen molar-refractivity contribution in [1.82, 2.24) is 0 Å². The van der Waals surface area contributed by atoms with Gasteiger partial charge in [-0.25, -0.2) is 4.39 Å². The second kappa shape index (κ2) is 4.91. The maximum atomic E-state index is 13.5. The van der Waals surface area contributed by atoms with Gasteiger partial charge in [-0.2, -0.15) is 0 Å². The van der Waals surface area contributed by atoms with E-state index in [9.17, 15) is 8.96 Å². The van der Waals surface area contributed by atoms with Gasteiger partial charge in [0.1, 0.15) is 19.3 Å². The van der Waals surface area contributed by atoms with Crippen molar-refractivity contribution in [2.75, 3.05) is 26.3 Å². The largest absolute Gasteiger partial charge is 0.394 e. The summed E-state index contributed by atoms with van der Waals surface area (Å²) < 4.78 is 35.3. The molecule has 0 spiro atoms. The van der Waals surface area contributed by atoms with Crippen LogP contribution in [0.25, 0.3) is 0 Å². The molecule has 0 amide bonds. The fourth-order valence-corrected chi connectivity index (χ4v) is 2.04. The molecule has 1 aliphatic heterocycles. The van der Waals surface area contributed by atoms with Gasteiger partial charge in [0.25, 0.3) is 0 Å². The molecule has 1 fully saturated rings. The normalized spacial score (nSPS) is 37.1. The number of aliphatic hydroxyl groups is 1. The van der Waals surface area contributed by atoms with Crippen LogP contribution in [0, 0.1) is 0 Å². The van der Waals surface area contributed by atoms with Gasteiger partial charge in [-0.1, -0.05) is 0 Å². The van der Waals surface area contributed by atoms with E-state index in [1.807, 2.05) is 0 Å². The van der Waals surface area contributed by atoms with E-state index in [1.165, 1.54) is 0 Å². The van der Waals surface area contributed by atoms with Crippen LogP contribution in [-0.2, 0) is 14.0 Å². The van der Waals surface area contributed by atoms with Crippen LogP contribution in [0.3, 0.4) is 0 Å². The van der Waals surface area contributed by atoms with E-state index < -0.39 is 31.6 Å². The molecular weight excluding hydrogens is 222 g/mol. The number of alkyl halides is 1. The van der Waals surface area contributed by atoms with Gasteiger partial charge in [0, 0.05) is 0 Å². The summed E-state index contributed by atoms with van der Waals surface area (Å²) in [7, 11) is -2.33. The molecule has 90 valence electrons. The molecule has 0 radical (unpaired) electrons. The fourth-order valence-electron chi connectivity index (χ4n) is 1.51. The molecule has 0 aliphatic carbocycles. The Morgan fingerprint density at radius 1 is 1.53 bits per heavy atom. The summed E-state index contributed by atoms with van der Waals surface area (Å²) in [6.07, 6.45) is -3.29. The Morgan fingerprint density at radius 3 is 2.60 bits per heavy atom. The van der Waals surface area contributed by atoms with Gasteiger partial charge in [0.05, 0.1) is 19.1 Å². The Balaban J connectivity index is 2.55. The van der Waals surface area contributed by atoms with Gasteiger partial charge in [0.15, 0.2) is 6.17 Å². The molecule has 1 heterocycles. The summed E-state index contributed by atoms with van der Waals surface area (Å²) in [6, 6.07) is 0. The Bertz CT molecular complexity index is 254. The minimum absolute atomic E-state index is 0.0185. The average molecular weight is 240 g/mol. The highest BCUT2D eigenvalue weighted by molar-refractivity contribution is 7.62. The summed E-state index contributed by atoms with van der Waals surface area (Å²) in [5, 5.41) is 8.96. The zero-order valence-electron chi connectivity index (χ0n) is 9.22. The Morgan fingerprint density at radius 2 is 2.13 bits per heavy atom. The number of rotatable bonds is 4. The van der Waals surface area contributed by atoms with E-state index in [0.29, 0.717) is 0 Å². The molecule has 0 unspecified atom stereocenters.